The van der Waals surface area contributed by atoms with Crippen LogP contribution in [0.5, 0.6) is 0 Å². The highest BCUT2D eigenvalue weighted by molar-refractivity contribution is 7.91. The Balaban J connectivity index is 1.42. The molecule has 1 amide bonds. The molecular formula is C19H27N3O3S. The van der Waals surface area contributed by atoms with Gasteiger partial charge in [-0.15, -0.1) is 0 Å². The van der Waals surface area contributed by atoms with Gasteiger partial charge in [0.25, 0.3) is 0 Å². The summed E-state index contributed by atoms with van der Waals surface area (Å²) in [6.45, 7) is 3.99. The lowest BCUT2D eigenvalue weighted by Crippen LogP contribution is -2.39. The number of carbonyl (C=O) groups is 1. The number of nitrogens with zero attached hydrogens (tertiary/aromatic N) is 1. The molecule has 1 unspecified atom stereocenters. The fraction of sp³-hybridized carbons (Fsp3) is 0.526. The van der Waals surface area contributed by atoms with Crippen molar-refractivity contribution >= 4 is 26.6 Å². The predicted molar refractivity (Wildman–Crippen MR) is 104 cm³/mol. The van der Waals surface area contributed by atoms with Crippen molar-refractivity contribution < 1.29 is 13.2 Å². The van der Waals surface area contributed by atoms with Crippen LogP contribution < -0.4 is 5.32 Å². The highest BCUT2D eigenvalue weighted by Gasteiger charge is 2.31. The van der Waals surface area contributed by atoms with Gasteiger partial charge in [-0.25, -0.2) is 8.42 Å². The molecule has 3 rings (SSSR count). The minimum atomic E-state index is -2.89. The first kappa shape index (κ1) is 18.9. The number of sulfone groups is 1. The van der Waals surface area contributed by atoms with E-state index in [9.17, 15) is 13.2 Å². The molecule has 6 nitrogen and oxygen atoms in total. The molecule has 0 radical (unpaired) electrons. The molecule has 1 saturated heterocycles. The summed E-state index contributed by atoms with van der Waals surface area (Å²) in [4.78, 5) is 17.5. The summed E-state index contributed by atoms with van der Waals surface area (Å²) >= 11 is 0. The van der Waals surface area contributed by atoms with E-state index < -0.39 is 9.84 Å². The summed E-state index contributed by atoms with van der Waals surface area (Å²) in [5, 5.41) is 4.17. The van der Waals surface area contributed by atoms with Crippen LogP contribution in [0, 0.1) is 0 Å². The van der Waals surface area contributed by atoms with Crippen LogP contribution in [0.4, 0.5) is 0 Å². The molecule has 142 valence electrons. The van der Waals surface area contributed by atoms with Crippen molar-refractivity contribution in [3.8, 4) is 0 Å². The first-order chi connectivity index (χ1) is 12.5. The van der Waals surface area contributed by atoms with Crippen LogP contribution in [0.2, 0.25) is 0 Å². The van der Waals surface area contributed by atoms with Crippen molar-refractivity contribution in [3.05, 3.63) is 36.0 Å². The molecule has 0 spiro atoms. The fourth-order valence-corrected chi connectivity index (χ4v) is 5.43. The van der Waals surface area contributed by atoms with E-state index in [1.54, 1.807) is 0 Å². The number of amides is 1. The maximum Gasteiger partial charge on any atom is 0.221 e. The second kappa shape index (κ2) is 8.22. The Kier molecular flexibility index (Phi) is 5.98. The van der Waals surface area contributed by atoms with Crippen LogP contribution in [0.25, 0.3) is 10.9 Å². The maximum absolute atomic E-state index is 12.1. The van der Waals surface area contributed by atoms with Crippen LogP contribution in [0.1, 0.15) is 25.3 Å². The average molecular weight is 378 g/mol. The van der Waals surface area contributed by atoms with Crippen LogP contribution in [0.15, 0.2) is 30.5 Å². The largest absolute Gasteiger partial charge is 0.361 e. The lowest BCUT2D eigenvalue weighted by molar-refractivity contribution is -0.121. The van der Waals surface area contributed by atoms with Crippen LogP contribution >= 0.6 is 0 Å². The molecule has 26 heavy (non-hydrogen) atoms. The SMILES string of the molecule is CCN(CCC(=O)NCCc1c[nH]c2ccccc12)C1CCS(=O)(=O)C1. The van der Waals surface area contributed by atoms with E-state index in [4.69, 9.17) is 0 Å². The second-order valence-electron chi connectivity index (χ2n) is 6.89. The number of fused-ring (bicyclic) bond motifs is 1. The molecular weight excluding hydrogens is 350 g/mol. The molecule has 1 aromatic heterocycles. The molecule has 2 N–H and O–H groups in total. The Morgan fingerprint density at radius 1 is 1.35 bits per heavy atom. The number of carbonyl (C=O) groups excluding carboxylic acids is 1. The summed E-state index contributed by atoms with van der Waals surface area (Å²) in [5.74, 6) is 0.512. The summed E-state index contributed by atoms with van der Waals surface area (Å²) in [6, 6.07) is 8.20. The normalized spacial score (nSPS) is 19.2. The van der Waals surface area contributed by atoms with Crippen molar-refractivity contribution in [2.45, 2.75) is 32.2 Å². The quantitative estimate of drug-likeness (QED) is 0.734. The number of hydrogen-bond donors (Lipinski definition) is 2. The number of nitrogens with one attached hydrogen (secondary N) is 2. The molecule has 2 aromatic rings. The average Bonchev–Trinajstić information content (AvgIpc) is 3.19. The molecule has 1 fully saturated rings. The second-order valence-corrected chi connectivity index (χ2v) is 9.12. The predicted octanol–water partition coefficient (Wildman–Crippen LogP) is 1.73. The molecule has 0 aliphatic carbocycles. The fourth-order valence-electron chi connectivity index (χ4n) is 3.67. The van der Waals surface area contributed by atoms with Crippen LogP contribution in [-0.2, 0) is 21.1 Å². The first-order valence-corrected chi connectivity index (χ1v) is 11.1. The molecule has 2 heterocycles. The van der Waals surface area contributed by atoms with Gasteiger partial charge >= 0.3 is 0 Å². The standard InChI is InChI=1S/C19H27N3O3S/c1-2-22(16-9-12-26(24,25)14-16)11-8-19(23)20-10-7-15-13-21-18-6-4-3-5-17(15)18/h3-6,13,16,21H,2,7-12,14H2,1H3,(H,20,23). The lowest BCUT2D eigenvalue weighted by atomic mass is 10.1. The summed E-state index contributed by atoms with van der Waals surface area (Å²) < 4.78 is 23.3. The van der Waals surface area contributed by atoms with Gasteiger partial charge < -0.3 is 10.3 Å². The Morgan fingerprint density at radius 2 is 2.15 bits per heavy atom. The van der Waals surface area contributed by atoms with Crippen LogP contribution in [-0.4, -0.2) is 61.4 Å². The van der Waals surface area contributed by atoms with Gasteiger partial charge in [0.2, 0.25) is 5.91 Å². The van der Waals surface area contributed by atoms with Gasteiger partial charge in [0.15, 0.2) is 9.84 Å². The zero-order chi connectivity index (χ0) is 18.6. The van der Waals surface area contributed by atoms with Gasteiger partial charge in [0.05, 0.1) is 11.5 Å². The van der Waals surface area contributed by atoms with Crippen LogP contribution in [0.3, 0.4) is 0 Å². The van der Waals surface area contributed by atoms with E-state index in [0.29, 0.717) is 25.9 Å². The minimum Gasteiger partial charge on any atom is -0.361 e. The van der Waals surface area contributed by atoms with Gasteiger partial charge in [-0.1, -0.05) is 25.1 Å². The minimum absolute atomic E-state index is 0.0177. The Morgan fingerprint density at radius 3 is 2.88 bits per heavy atom. The molecule has 0 bridgehead atoms. The van der Waals surface area contributed by atoms with Crippen molar-refractivity contribution in [1.29, 1.82) is 0 Å². The zero-order valence-electron chi connectivity index (χ0n) is 15.2. The highest BCUT2D eigenvalue weighted by atomic mass is 32.2. The Hall–Kier alpha value is -1.86. The van der Waals surface area contributed by atoms with E-state index in [0.717, 1.165) is 18.5 Å². The van der Waals surface area contributed by atoms with Gasteiger partial charge in [0, 0.05) is 42.7 Å². The number of rotatable bonds is 8. The molecule has 1 aromatic carbocycles. The van der Waals surface area contributed by atoms with Gasteiger partial charge in [-0.05, 0) is 31.0 Å². The highest BCUT2D eigenvalue weighted by Crippen LogP contribution is 2.18. The summed E-state index contributed by atoms with van der Waals surface area (Å²) in [7, 11) is -2.89. The number of hydrogen-bond acceptors (Lipinski definition) is 4. The summed E-state index contributed by atoms with van der Waals surface area (Å²) in [6.07, 6.45) is 3.86. The monoisotopic (exact) mass is 377 g/mol. The van der Waals surface area contributed by atoms with Crippen molar-refractivity contribution in [1.82, 2.24) is 15.2 Å². The Labute approximate surface area is 154 Å². The van der Waals surface area contributed by atoms with E-state index in [-0.39, 0.29) is 23.5 Å². The number of benzene rings is 1. The molecule has 1 atom stereocenters. The molecule has 7 heteroatoms. The summed E-state index contributed by atoms with van der Waals surface area (Å²) in [5.41, 5.74) is 2.31. The van der Waals surface area contributed by atoms with Crippen molar-refractivity contribution in [3.63, 3.8) is 0 Å². The molecule has 0 saturated carbocycles. The maximum atomic E-state index is 12.1. The number of aromatic amines is 1. The van der Waals surface area contributed by atoms with Crippen molar-refractivity contribution in [2.75, 3.05) is 31.1 Å². The number of H-pyrrole nitrogens is 1. The lowest BCUT2D eigenvalue weighted by Gasteiger charge is -2.26. The van der Waals surface area contributed by atoms with Crippen molar-refractivity contribution in [2.24, 2.45) is 0 Å². The van der Waals surface area contributed by atoms with Gasteiger partial charge in [-0.3, -0.25) is 9.69 Å². The Bertz CT molecular complexity index is 860. The molecule has 1 aliphatic heterocycles. The first-order valence-electron chi connectivity index (χ1n) is 9.24. The van der Waals surface area contributed by atoms with Gasteiger partial charge in [0.1, 0.15) is 0 Å². The zero-order valence-corrected chi connectivity index (χ0v) is 16.0. The third-order valence-electron chi connectivity index (χ3n) is 5.15. The topological polar surface area (TPSA) is 82.3 Å². The van der Waals surface area contributed by atoms with E-state index in [1.165, 1.54) is 10.9 Å². The van der Waals surface area contributed by atoms with E-state index in [1.807, 2.05) is 31.3 Å². The number of aromatic nitrogens is 1. The van der Waals surface area contributed by atoms with Gasteiger partial charge in [-0.2, -0.15) is 0 Å². The van der Waals surface area contributed by atoms with E-state index >= 15 is 0 Å². The molecule has 1 aliphatic rings. The third-order valence-corrected chi connectivity index (χ3v) is 6.90. The number of para-hydroxylation sites is 1. The third kappa shape index (κ3) is 4.65. The smallest absolute Gasteiger partial charge is 0.221 e. The van der Waals surface area contributed by atoms with E-state index in [2.05, 4.69) is 21.3 Å².